The molecule has 0 spiro atoms. The fourth-order valence-electron chi connectivity index (χ4n) is 5.38. The molecule has 4 heteroatoms. The summed E-state index contributed by atoms with van der Waals surface area (Å²) < 4.78 is 0. The smallest absolute Gasteiger partial charge is 0.408 e. The Kier molecular flexibility index (Phi) is 2.19. The highest BCUT2D eigenvalue weighted by molar-refractivity contribution is 5.67. The zero-order valence-electron chi connectivity index (χ0n) is 11.6. The molecular formula is C14H24N2O2. The van der Waals surface area contributed by atoms with Crippen molar-refractivity contribution in [2.24, 2.45) is 17.6 Å². The standard InChI is InChI=1S/C14H24N2O2/c1-12(2,3)16(11(17)18)13-5-9-4-10(7-13)14(15,6-9)8-13/h9-10H,4-8,15H2,1-3H3,(H,17,18). The lowest BCUT2D eigenvalue weighted by Crippen LogP contribution is -2.61. The van der Waals surface area contributed by atoms with Gasteiger partial charge in [0.1, 0.15) is 0 Å². The lowest BCUT2D eigenvalue weighted by molar-refractivity contribution is -0.0158. The van der Waals surface area contributed by atoms with Crippen molar-refractivity contribution in [1.82, 2.24) is 4.90 Å². The number of amides is 1. The first-order valence-electron chi connectivity index (χ1n) is 6.98. The molecule has 4 aliphatic carbocycles. The van der Waals surface area contributed by atoms with E-state index in [1.54, 1.807) is 4.90 Å². The normalized spacial score (nSPS) is 45.6. The molecule has 0 aromatic heterocycles. The average Bonchev–Trinajstić information content (AvgIpc) is 2.42. The lowest BCUT2D eigenvalue weighted by Gasteiger charge is -2.51. The number of nitrogens with zero attached hydrogens (tertiary/aromatic N) is 1. The number of carbonyl (C=O) groups is 1. The minimum atomic E-state index is -0.784. The van der Waals surface area contributed by atoms with Crippen molar-refractivity contribution in [1.29, 1.82) is 0 Å². The van der Waals surface area contributed by atoms with Crippen LogP contribution >= 0.6 is 0 Å². The van der Waals surface area contributed by atoms with E-state index in [4.69, 9.17) is 5.73 Å². The van der Waals surface area contributed by atoms with Crippen LogP contribution in [0.5, 0.6) is 0 Å². The highest BCUT2D eigenvalue weighted by Crippen LogP contribution is 2.63. The van der Waals surface area contributed by atoms with E-state index in [2.05, 4.69) is 0 Å². The fraction of sp³-hybridized carbons (Fsp3) is 0.929. The minimum Gasteiger partial charge on any atom is -0.465 e. The molecule has 4 saturated carbocycles. The monoisotopic (exact) mass is 252 g/mol. The molecule has 18 heavy (non-hydrogen) atoms. The van der Waals surface area contributed by atoms with Crippen LogP contribution in [-0.4, -0.2) is 32.7 Å². The van der Waals surface area contributed by atoms with E-state index in [1.165, 1.54) is 6.42 Å². The summed E-state index contributed by atoms with van der Waals surface area (Å²) >= 11 is 0. The number of rotatable bonds is 1. The Labute approximate surface area is 109 Å². The summed E-state index contributed by atoms with van der Waals surface area (Å²) in [5, 5.41) is 9.65. The van der Waals surface area contributed by atoms with Crippen LogP contribution < -0.4 is 5.73 Å². The van der Waals surface area contributed by atoms with Gasteiger partial charge < -0.3 is 10.8 Å². The maximum Gasteiger partial charge on any atom is 0.408 e. The summed E-state index contributed by atoms with van der Waals surface area (Å²) in [6.45, 7) is 5.98. The molecule has 0 aliphatic heterocycles. The maximum atomic E-state index is 11.7. The van der Waals surface area contributed by atoms with Crippen LogP contribution in [0.4, 0.5) is 4.79 Å². The molecule has 4 atom stereocenters. The van der Waals surface area contributed by atoms with Gasteiger partial charge in [-0.05, 0) is 64.7 Å². The molecule has 4 nitrogen and oxygen atoms in total. The van der Waals surface area contributed by atoms with Gasteiger partial charge in [-0.1, -0.05) is 0 Å². The third kappa shape index (κ3) is 1.44. The molecular weight excluding hydrogens is 228 g/mol. The molecule has 0 aromatic carbocycles. The summed E-state index contributed by atoms with van der Waals surface area (Å²) in [5.41, 5.74) is 5.91. The van der Waals surface area contributed by atoms with E-state index >= 15 is 0 Å². The van der Waals surface area contributed by atoms with Crippen molar-refractivity contribution in [3.8, 4) is 0 Å². The minimum absolute atomic E-state index is 0.0815. The van der Waals surface area contributed by atoms with Crippen LogP contribution in [-0.2, 0) is 0 Å². The Hall–Kier alpha value is -0.770. The van der Waals surface area contributed by atoms with E-state index < -0.39 is 6.09 Å². The third-order valence-electron chi connectivity index (χ3n) is 5.39. The molecule has 4 rings (SSSR count). The van der Waals surface area contributed by atoms with Crippen LogP contribution in [0.3, 0.4) is 0 Å². The van der Waals surface area contributed by atoms with Gasteiger partial charge in [-0.2, -0.15) is 0 Å². The average molecular weight is 252 g/mol. The van der Waals surface area contributed by atoms with Crippen molar-refractivity contribution < 1.29 is 9.90 Å². The van der Waals surface area contributed by atoms with Crippen molar-refractivity contribution >= 4 is 6.09 Å². The van der Waals surface area contributed by atoms with Crippen LogP contribution in [0.1, 0.15) is 52.9 Å². The summed E-state index contributed by atoms with van der Waals surface area (Å²) in [4.78, 5) is 13.5. The van der Waals surface area contributed by atoms with Gasteiger partial charge >= 0.3 is 6.09 Å². The Morgan fingerprint density at radius 1 is 1.33 bits per heavy atom. The second-order valence-corrected chi connectivity index (χ2v) is 7.83. The highest BCUT2D eigenvalue weighted by atomic mass is 16.4. The number of carboxylic acid groups (broad SMARTS) is 1. The molecule has 3 N–H and O–H groups in total. The quantitative estimate of drug-likeness (QED) is 0.753. The van der Waals surface area contributed by atoms with Crippen LogP contribution in [0, 0.1) is 11.8 Å². The Morgan fingerprint density at radius 2 is 2.00 bits per heavy atom. The van der Waals surface area contributed by atoms with Crippen molar-refractivity contribution in [3.63, 3.8) is 0 Å². The molecule has 4 aliphatic rings. The van der Waals surface area contributed by atoms with Gasteiger partial charge in [0, 0.05) is 16.6 Å². The number of hydrogen-bond donors (Lipinski definition) is 2. The molecule has 1 amide bonds. The SMILES string of the molecule is CC(C)(C)N(C(=O)O)C12CC3CC(C1)C(N)(C3)C2. The van der Waals surface area contributed by atoms with E-state index in [9.17, 15) is 9.90 Å². The van der Waals surface area contributed by atoms with E-state index in [-0.39, 0.29) is 16.6 Å². The van der Waals surface area contributed by atoms with Gasteiger partial charge in [-0.25, -0.2) is 4.79 Å². The highest BCUT2D eigenvalue weighted by Gasteiger charge is 2.66. The third-order valence-corrected chi connectivity index (χ3v) is 5.39. The van der Waals surface area contributed by atoms with Gasteiger partial charge in [-0.3, -0.25) is 4.90 Å². The van der Waals surface area contributed by atoms with Crippen LogP contribution in [0.2, 0.25) is 0 Å². The molecule has 0 saturated heterocycles. The topological polar surface area (TPSA) is 66.6 Å². The molecule has 0 radical (unpaired) electrons. The maximum absolute atomic E-state index is 11.7. The first-order chi connectivity index (χ1) is 8.16. The molecule has 4 bridgehead atoms. The fourth-order valence-corrected chi connectivity index (χ4v) is 5.38. The molecule has 4 fully saturated rings. The molecule has 4 unspecified atom stereocenters. The number of nitrogens with two attached hydrogens (primary N) is 1. The summed E-state index contributed by atoms with van der Waals surface area (Å²) in [6, 6.07) is 0. The van der Waals surface area contributed by atoms with Gasteiger partial charge in [0.15, 0.2) is 0 Å². The van der Waals surface area contributed by atoms with Crippen molar-refractivity contribution in [2.75, 3.05) is 0 Å². The van der Waals surface area contributed by atoms with E-state index in [1.807, 2.05) is 20.8 Å². The van der Waals surface area contributed by atoms with Crippen LogP contribution in [0.25, 0.3) is 0 Å². The van der Waals surface area contributed by atoms with Gasteiger partial charge in [0.05, 0.1) is 0 Å². The second-order valence-electron chi connectivity index (χ2n) is 7.83. The molecule has 102 valence electrons. The lowest BCUT2D eigenvalue weighted by atomic mass is 9.72. The first kappa shape index (κ1) is 12.3. The molecule has 0 heterocycles. The predicted octanol–water partition coefficient (Wildman–Crippen LogP) is 2.42. The van der Waals surface area contributed by atoms with Gasteiger partial charge in [0.2, 0.25) is 0 Å². The van der Waals surface area contributed by atoms with Crippen LogP contribution in [0.15, 0.2) is 0 Å². The summed E-state index contributed by atoms with van der Waals surface area (Å²) in [7, 11) is 0. The molecule has 0 aromatic rings. The Balaban J connectivity index is 1.99. The largest absolute Gasteiger partial charge is 0.465 e. The zero-order chi connectivity index (χ0) is 13.3. The Morgan fingerprint density at radius 3 is 2.44 bits per heavy atom. The first-order valence-corrected chi connectivity index (χ1v) is 6.98. The summed E-state index contributed by atoms with van der Waals surface area (Å²) in [6.07, 6.45) is 4.40. The van der Waals surface area contributed by atoms with Crippen molar-refractivity contribution in [3.05, 3.63) is 0 Å². The van der Waals surface area contributed by atoms with E-state index in [0.29, 0.717) is 11.8 Å². The Bertz CT molecular complexity index is 403. The summed E-state index contributed by atoms with van der Waals surface area (Å²) in [5.74, 6) is 1.19. The van der Waals surface area contributed by atoms with E-state index in [0.717, 1.165) is 25.7 Å². The van der Waals surface area contributed by atoms with Gasteiger partial charge in [-0.15, -0.1) is 0 Å². The van der Waals surface area contributed by atoms with Gasteiger partial charge in [0.25, 0.3) is 0 Å². The predicted molar refractivity (Wildman–Crippen MR) is 69.3 cm³/mol. The van der Waals surface area contributed by atoms with Crippen molar-refractivity contribution in [2.45, 2.75) is 69.5 Å². The number of hydrogen-bond acceptors (Lipinski definition) is 2. The second kappa shape index (κ2) is 3.21. The zero-order valence-corrected chi connectivity index (χ0v) is 11.6.